The van der Waals surface area contributed by atoms with Crippen molar-refractivity contribution >= 4 is 23.4 Å². The number of hydrogen-bond donors (Lipinski definition) is 1. The average Bonchev–Trinajstić information content (AvgIpc) is 2.80. The van der Waals surface area contributed by atoms with Crippen LogP contribution in [0.1, 0.15) is 32.8 Å². The quantitative estimate of drug-likeness (QED) is 0.667. The molecule has 0 radical (unpaired) electrons. The van der Waals surface area contributed by atoms with Gasteiger partial charge in [0.05, 0.1) is 18.0 Å². The first kappa shape index (κ1) is 17.9. The molecule has 24 heavy (non-hydrogen) atoms. The fourth-order valence-corrected chi connectivity index (χ4v) is 2.50. The van der Waals surface area contributed by atoms with Crippen LogP contribution >= 0.6 is 0 Å². The van der Waals surface area contributed by atoms with Crippen LogP contribution in [0.25, 0.3) is 0 Å². The molecule has 1 aliphatic heterocycles. The Morgan fingerprint density at radius 2 is 1.83 bits per heavy atom. The standard InChI is InChI=1S/C19H24N2O3/c1-12(2)11-20-18(23)14(4)9-15-10-17(22)21(19(15)24)16-7-5-13(3)6-8-16/h5-9,12,14H,10-11H2,1-4H3,(H,20,23)/b15-9+. The number of carbonyl (C=O) groups is 3. The molecule has 1 aromatic carbocycles. The topological polar surface area (TPSA) is 66.5 Å². The second kappa shape index (κ2) is 7.43. The van der Waals surface area contributed by atoms with Gasteiger partial charge in [-0.3, -0.25) is 14.4 Å². The fourth-order valence-electron chi connectivity index (χ4n) is 2.50. The van der Waals surface area contributed by atoms with Crippen molar-refractivity contribution in [2.24, 2.45) is 11.8 Å². The first-order valence-electron chi connectivity index (χ1n) is 8.22. The average molecular weight is 328 g/mol. The zero-order chi connectivity index (χ0) is 17.9. The Balaban J connectivity index is 2.12. The van der Waals surface area contributed by atoms with Gasteiger partial charge in [0.15, 0.2) is 0 Å². The van der Waals surface area contributed by atoms with Gasteiger partial charge in [-0.25, -0.2) is 4.90 Å². The molecule has 3 amide bonds. The molecule has 1 saturated heterocycles. The molecule has 1 aromatic rings. The molecule has 1 fully saturated rings. The summed E-state index contributed by atoms with van der Waals surface area (Å²) in [6, 6.07) is 7.23. The highest BCUT2D eigenvalue weighted by Gasteiger charge is 2.35. The fraction of sp³-hybridized carbons (Fsp3) is 0.421. The Morgan fingerprint density at radius 1 is 1.21 bits per heavy atom. The predicted octanol–water partition coefficient (Wildman–Crippen LogP) is 2.59. The van der Waals surface area contributed by atoms with Gasteiger partial charge in [0, 0.05) is 12.1 Å². The summed E-state index contributed by atoms with van der Waals surface area (Å²) in [5, 5.41) is 2.84. The van der Waals surface area contributed by atoms with Crippen LogP contribution in [0.4, 0.5) is 5.69 Å². The van der Waals surface area contributed by atoms with Crippen molar-refractivity contribution in [1.29, 1.82) is 0 Å². The van der Waals surface area contributed by atoms with Crippen LogP contribution in [-0.4, -0.2) is 24.3 Å². The third-order valence-electron chi connectivity index (χ3n) is 3.91. The van der Waals surface area contributed by atoms with Gasteiger partial charge in [0.25, 0.3) is 5.91 Å². The summed E-state index contributed by atoms with van der Waals surface area (Å²) in [4.78, 5) is 38.0. The maximum Gasteiger partial charge on any atom is 0.261 e. The van der Waals surface area contributed by atoms with E-state index < -0.39 is 5.92 Å². The minimum absolute atomic E-state index is 0.0362. The van der Waals surface area contributed by atoms with E-state index in [1.54, 1.807) is 25.1 Å². The highest BCUT2D eigenvalue weighted by atomic mass is 16.2. The number of rotatable bonds is 5. The van der Waals surface area contributed by atoms with Crippen molar-refractivity contribution in [3.8, 4) is 0 Å². The Labute approximate surface area is 142 Å². The first-order valence-corrected chi connectivity index (χ1v) is 8.22. The largest absolute Gasteiger partial charge is 0.355 e. The van der Waals surface area contributed by atoms with Gasteiger partial charge in [-0.05, 0) is 25.0 Å². The van der Waals surface area contributed by atoms with Crippen molar-refractivity contribution in [3.05, 3.63) is 41.5 Å². The first-order chi connectivity index (χ1) is 11.3. The highest BCUT2D eigenvalue weighted by Crippen LogP contribution is 2.27. The minimum Gasteiger partial charge on any atom is -0.355 e. The third-order valence-corrected chi connectivity index (χ3v) is 3.91. The van der Waals surface area contributed by atoms with Crippen LogP contribution in [-0.2, 0) is 14.4 Å². The smallest absolute Gasteiger partial charge is 0.261 e. The monoisotopic (exact) mass is 328 g/mol. The molecule has 0 spiro atoms. The molecular weight excluding hydrogens is 304 g/mol. The van der Waals surface area contributed by atoms with E-state index in [1.807, 2.05) is 32.9 Å². The van der Waals surface area contributed by atoms with Gasteiger partial charge in [0.1, 0.15) is 0 Å². The van der Waals surface area contributed by atoms with Gasteiger partial charge in [-0.2, -0.15) is 0 Å². The van der Waals surface area contributed by atoms with Gasteiger partial charge in [-0.15, -0.1) is 0 Å². The maximum atomic E-state index is 12.5. The lowest BCUT2D eigenvalue weighted by Crippen LogP contribution is -2.32. The molecule has 1 N–H and O–H groups in total. The molecular formula is C19H24N2O3. The van der Waals surface area contributed by atoms with Crippen LogP contribution in [0, 0.1) is 18.8 Å². The van der Waals surface area contributed by atoms with Crippen LogP contribution in [0.3, 0.4) is 0 Å². The van der Waals surface area contributed by atoms with E-state index in [1.165, 1.54) is 4.90 Å². The number of aryl methyl sites for hydroxylation is 1. The zero-order valence-corrected chi connectivity index (χ0v) is 14.6. The predicted molar refractivity (Wildman–Crippen MR) is 93.4 cm³/mol. The van der Waals surface area contributed by atoms with Crippen LogP contribution in [0.5, 0.6) is 0 Å². The van der Waals surface area contributed by atoms with E-state index in [0.29, 0.717) is 23.7 Å². The number of imide groups is 1. The normalized spacial score (nSPS) is 17.7. The lowest BCUT2D eigenvalue weighted by molar-refractivity contribution is -0.123. The van der Waals surface area contributed by atoms with Gasteiger partial charge < -0.3 is 5.32 Å². The molecule has 1 aliphatic rings. The summed E-state index contributed by atoms with van der Waals surface area (Å²) in [5.41, 5.74) is 2.01. The number of carbonyl (C=O) groups excluding carboxylic acids is 3. The van der Waals surface area contributed by atoms with Gasteiger partial charge in [-0.1, -0.05) is 44.5 Å². The molecule has 5 nitrogen and oxygen atoms in total. The molecule has 1 heterocycles. The molecule has 0 aromatic heterocycles. The van der Waals surface area contributed by atoms with Gasteiger partial charge in [0.2, 0.25) is 11.8 Å². The summed E-state index contributed by atoms with van der Waals surface area (Å²) in [6.07, 6.45) is 1.64. The number of anilines is 1. The summed E-state index contributed by atoms with van der Waals surface area (Å²) in [5.74, 6) is -0.823. The van der Waals surface area contributed by atoms with Crippen LogP contribution in [0.15, 0.2) is 35.9 Å². The third kappa shape index (κ3) is 4.10. The number of nitrogens with one attached hydrogen (secondary N) is 1. The second-order valence-electron chi connectivity index (χ2n) is 6.67. The number of benzene rings is 1. The Morgan fingerprint density at radius 3 is 2.42 bits per heavy atom. The van der Waals surface area contributed by atoms with Gasteiger partial charge >= 0.3 is 0 Å². The van der Waals surface area contributed by atoms with Crippen LogP contribution < -0.4 is 10.2 Å². The zero-order valence-electron chi connectivity index (χ0n) is 14.6. The molecule has 128 valence electrons. The van der Waals surface area contributed by atoms with Crippen molar-refractivity contribution in [2.45, 2.75) is 34.1 Å². The molecule has 2 rings (SSSR count). The summed E-state index contributed by atoms with van der Waals surface area (Å²) < 4.78 is 0. The molecule has 0 bridgehead atoms. The van der Waals surface area contributed by atoms with Crippen LogP contribution in [0.2, 0.25) is 0 Å². The van der Waals surface area contributed by atoms with Crippen molar-refractivity contribution < 1.29 is 14.4 Å². The Hall–Kier alpha value is -2.43. The summed E-state index contributed by atoms with van der Waals surface area (Å²) >= 11 is 0. The molecule has 5 heteroatoms. The van der Waals surface area contributed by atoms with E-state index in [0.717, 1.165) is 5.56 Å². The summed E-state index contributed by atoms with van der Waals surface area (Å²) in [6.45, 7) is 8.30. The van der Waals surface area contributed by atoms with E-state index in [2.05, 4.69) is 5.32 Å². The van der Waals surface area contributed by atoms with E-state index in [4.69, 9.17) is 0 Å². The SMILES string of the molecule is Cc1ccc(N2C(=O)C/C(=C\C(C)C(=O)NCC(C)C)C2=O)cc1. The van der Waals surface area contributed by atoms with E-state index >= 15 is 0 Å². The highest BCUT2D eigenvalue weighted by molar-refractivity contribution is 6.28. The summed E-state index contributed by atoms with van der Waals surface area (Å²) in [7, 11) is 0. The second-order valence-corrected chi connectivity index (χ2v) is 6.67. The maximum absolute atomic E-state index is 12.5. The minimum atomic E-state index is -0.450. The Kier molecular flexibility index (Phi) is 5.54. The molecule has 0 aliphatic carbocycles. The Bertz CT molecular complexity index is 674. The van der Waals surface area contributed by atoms with Crippen molar-refractivity contribution in [3.63, 3.8) is 0 Å². The number of nitrogens with zero attached hydrogens (tertiary/aromatic N) is 1. The number of hydrogen-bond acceptors (Lipinski definition) is 3. The lowest BCUT2D eigenvalue weighted by atomic mass is 10.1. The van der Waals surface area contributed by atoms with Crippen molar-refractivity contribution in [1.82, 2.24) is 5.32 Å². The molecule has 1 unspecified atom stereocenters. The van der Waals surface area contributed by atoms with Crippen molar-refractivity contribution in [2.75, 3.05) is 11.4 Å². The number of amides is 3. The van der Waals surface area contributed by atoms with E-state index in [-0.39, 0.29) is 24.1 Å². The molecule has 0 saturated carbocycles. The molecule has 1 atom stereocenters. The lowest BCUT2D eigenvalue weighted by Gasteiger charge is -2.14. The van der Waals surface area contributed by atoms with E-state index in [9.17, 15) is 14.4 Å².